The van der Waals surface area contributed by atoms with E-state index < -0.39 is 0 Å². The van der Waals surface area contributed by atoms with Gasteiger partial charge in [-0.25, -0.2) is 4.98 Å². The number of H-pyrrole nitrogens is 1. The third-order valence-corrected chi connectivity index (χ3v) is 2.26. The lowest BCUT2D eigenvalue weighted by Crippen LogP contribution is -1.85. The number of benzene rings is 1. The Morgan fingerprint density at radius 1 is 1.54 bits per heavy atom. The van der Waals surface area contributed by atoms with Crippen molar-refractivity contribution in [3.8, 4) is 0 Å². The predicted molar refractivity (Wildman–Crippen MR) is 58.2 cm³/mol. The van der Waals surface area contributed by atoms with Crippen LogP contribution in [0.15, 0.2) is 18.2 Å². The molecule has 2 nitrogen and oxygen atoms in total. The maximum absolute atomic E-state index is 5.82. The summed E-state index contributed by atoms with van der Waals surface area (Å²) >= 11 is 10.0. The summed E-state index contributed by atoms with van der Waals surface area (Å²) in [6.45, 7) is 3.76. The number of aromatic amines is 1. The van der Waals surface area contributed by atoms with Crippen LogP contribution in [0.25, 0.3) is 11.0 Å². The molecule has 0 saturated heterocycles. The number of aromatic nitrogens is 2. The van der Waals surface area contributed by atoms with Gasteiger partial charge in [-0.3, -0.25) is 0 Å². The first kappa shape index (κ1) is 8.91. The number of hydrogen-bond donors (Lipinski definition) is 2. The van der Waals surface area contributed by atoms with E-state index in [1.807, 2.05) is 18.2 Å². The maximum Gasteiger partial charge on any atom is 0.120 e. The molecule has 1 aromatic heterocycles. The number of hydrogen-bond acceptors (Lipinski definition) is 2. The number of thiol groups is 1. The van der Waals surface area contributed by atoms with Crippen molar-refractivity contribution < 1.29 is 0 Å². The molecule has 1 N–H and O–H groups in total. The van der Waals surface area contributed by atoms with Crippen LogP contribution in [0.4, 0.5) is 0 Å². The Hall–Kier alpha value is -0.670. The first-order valence-electron chi connectivity index (χ1n) is 3.83. The summed E-state index contributed by atoms with van der Waals surface area (Å²) in [5, 5.41) is 0.552. The minimum atomic E-state index is -0.133. The highest BCUT2D eigenvalue weighted by Gasteiger charge is 2.06. The quantitative estimate of drug-likeness (QED) is 0.698. The van der Waals surface area contributed by atoms with Crippen LogP contribution in [-0.2, 0) is 0 Å². The molecule has 1 aromatic carbocycles. The molecule has 0 bridgehead atoms. The van der Waals surface area contributed by atoms with Gasteiger partial charge in [0.05, 0.1) is 16.3 Å². The Labute approximate surface area is 86.7 Å². The van der Waals surface area contributed by atoms with Gasteiger partial charge < -0.3 is 4.98 Å². The lowest BCUT2D eigenvalue weighted by molar-refractivity contribution is 1.05. The number of nitrogens with one attached hydrogen (secondary N) is 1. The summed E-state index contributed by atoms with van der Waals surface area (Å²) in [6.07, 6.45) is 0. The molecule has 1 atom stereocenters. The molecule has 13 heavy (non-hydrogen) atoms. The molecule has 67 valence electrons. The van der Waals surface area contributed by atoms with Crippen molar-refractivity contribution in [2.45, 2.75) is 5.25 Å². The molecular weight excluding hydrogens is 204 g/mol. The Kier molecular flexibility index (Phi) is 2.22. The van der Waals surface area contributed by atoms with Crippen LogP contribution in [0, 0.1) is 6.92 Å². The van der Waals surface area contributed by atoms with E-state index in [-0.39, 0.29) is 5.25 Å². The van der Waals surface area contributed by atoms with Gasteiger partial charge in [0, 0.05) is 5.02 Å². The highest BCUT2D eigenvalue weighted by Crippen LogP contribution is 2.21. The second kappa shape index (κ2) is 3.24. The van der Waals surface area contributed by atoms with Gasteiger partial charge in [-0.15, -0.1) is 0 Å². The van der Waals surface area contributed by atoms with Crippen molar-refractivity contribution in [1.29, 1.82) is 0 Å². The van der Waals surface area contributed by atoms with Gasteiger partial charge >= 0.3 is 0 Å². The highest BCUT2D eigenvalue weighted by molar-refractivity contribution is 7.80. The fraction of sp³-hybridized carbons (Fsp3) is 0.111. The average molecular weight is 212 g/mol. The van der Waals surface area contributed by atoms with Crippen molar-refractivity contribution >= 4 is 35.3 Å². The van der Waals surface area contributed by atoms with Crippen LogP contribution < -0.4 is 0 Å². The van der Waals surface area contributed by atoms with Crippen LogP contribution in [0.5, 0.6) is 0 Å². The molecule has 0 aliphatic rings. The first-order chi connectivity index (χ1) is 6.16. The summed E-state index contributed by atoms with van der Waals surface area (Å²) in [7, 11) is 0. The number of fused-ring (bicyclic) bond motifs is 1. The summed E-state index contributed by atoms with van der Waals surface area (Å²) in [5.41, 5.74) is 1.81. The fourth-order valence-corrected chi connectivity index (χ4v) is 1.45. The smallest absolute Gasteiger partial charge is 0.120 e. The molecule has 0 spiro atoms. The molecule has 2 aromatic rings. The topological polar surface area (TPSA) is 28.7 Å². The Morgan fingerprint density at radius 3 is 3.00 bits per heavy atom. The molecule has 0 saturated carbocycles. The summed E-state index contributed by atoms with van der Waals surface area (Å²) in [5.74, 6) is 0.764. The maximum atomic E-state index is 5.82. The largest absolute Gasteiger partial charge is 0.341 e. The molecule has 0 amide bonds. The molecule has 2 rings (SSSR count). The van der Waals surface area contributed by atoms with Gasteiger partial charge in [-0.2, -0.15) is 12.6 Å². The van der Waals surface area contributed by atoms with Crippen LogP contribution in [-0.4, -0.2) is 9.97 Å². The highest BCUT2D eigenvalue weighted by atomic mass is 35.5. The first-order valence-corrected chi connectivity index (χ1v) is 4.72. The zero-order valence-corrected chi connectivity index (χ0v) is 8.44. The van der Waals surface area contributed by atoms with Crippen molar-refractivity contribution in [2.24, 2.45) is 0 Å². The second-order valence-corrected chi connectivity index (χ2v) is 3.86. The van der Waals surface area contributed by atoms with Crippen molar-refractivity contribution in [1.82, 2.24) is 9.97 Å². The molecule has 0 aliphatic heterocycles. The number of halogens is 1. The van der Waals surface area contributed by atoms with Crippen molar-refractivity contribution in [2.75, 3.05) is 0 Å². The predicted octanol–water partition coefficient (Wildman–Crippen LogP) is 3.02. The van der Waals surface area contributed by atoms with Crippen molar-refractivity contribution in [3.63, 3.8) is 0 Å². The number of imidazole rings is 1. The SMILES string of the molecule is [CH2]C(S)c1nc2cc(Cl)ccc2[nH]1. The van der Waals surface area contributed by atoms with Crippen LogP contribution in [0.3, 0.4) is 0 Å². The van der Waals surface area contributed by atoms with Gasteiger partial charge in [-0.05, 0) is 25.1 Å². The second-order valence-electron chi connectivity index (χ2n) is 2.80. The molecule has 1 radical (unpaired) electrons. The third kappa shape index (κ3) is 1.67. The van der Waals surface area contributed by atoms with Crippen LogP contribution in [0.2, 0.25) is 5.02 Å². The van der Waals surface area contributed by atoms with E-state index in [4.69, 9.17) is 11.6 Å². The lowest BCUT2D eigenvalue weighted by Gasteiger charge is -1.94. The van der Waals surface area contributed by atoms with Crippen molar-refractivity contribution in [3.05, 3.63) is 36.0 Å². The van der Waals surface area contributed by atoms with E-state index in [1.165, 1.54) is 0 Å². The summed E-state index contributed by atoms with van der Waals surface area (Å²) in [4.78, 5) is 7.41. The third-order valence-electron chi connectivity index (χ3n) is 1.78. The molecule has 0 fully saturated rings. The van der Waals surface area contributed by atoms with E-state index in [1.54, 1.807) is 0 Å². The molecule has 1 heterocycles. The minimum absolute atomic E-state index is 0.133. The monoisotopic (exact) mass is 211 g/mol. The molecular formula is C9H8ClN2S. The van der Waals surface area contributed by atoms with Gasteiger partial charge in [0.1, 0.15) is 5.82 Å². The van der Waals surface area contributed by atoms with E-state index in [9.17, 15) is 0 Å². The Bertz CT molecular complexity index is 436. The van der Waals surface area contributed by atoms with E-state index >= 15 is 0 Å². The molecule has 0 aliphatic carbocycles. The lowest BCUT2D eigenvalue weighted by atomic mass is 10.3. The van der Waals surface area contributed by atoms with E-state index in [0.717, 1.165) is 16.9 Å². The Morgan fingerprint density at radius 2 is 2.31 bits per heavy atom. The standard InChI is InChI=1S/C9H8ClN2S/c1-5(13)9-11-7-3-2-6(10)4-8(7)12-9/h2-5,13H,1H2,(H,11,12). The fourth-order valence-electron chi connectivity index (χ4n) is 1.16. The summed E-state index contributed by atoms with van der Waals surface area (Å²) in [6, 6.07) is 5.53. The minimum Gasteiger partial charge on any atom is -0.341 e. The van der Waals surface area contributed by atoms with E-state index in [0.29, 0.717) is 5.02 Å². The van der Waals surface area contributed by atoms with Gasteiger partial charge in [-0.1, -0.05) is 11.6 Å². The molecule has 4 heteroatoms. The Balaban J connectivity index is 2.62. The summed E-state index contributed by atoms with van der Waals surface area (Å²) < 4.78 is 0. The van der Waals surface area contributed by atoms with Gasteiger partial charge in [0.15, 0.2) is 0 Å². The van der Waals surface area contributed by atoms with Gasteiger partial charge in [0.25, 0.3) is 0 Å². The van der Waals surface area contributed by atoms with Gasteiger partial charge in [0.2, 0.25) is 0 Å². The normalized spacial score (nSPS) is 13.5. The average Bonchev–Trinajstić information content (AvgIpc) is 2.46. The number of nitrogens with zero attached hydrogens (tertiary/aromatic N) is 1. The van der Waals surface area contributed by atoms with E-state index in [2.05, 4.69) is 29.5 Å². The zero-order valence-electron chi connectivity index (χ0n) is 6.79. The molecule has 1 unspecified atom stereocenters. The van der Waals surface area contributed by atoms with Crippen LogP contribution in [0.1, 0.15) is 11.1 Å². The zero-order chi connectivity index (χ0) is 9.42. The number of rotatable bonds is 1. The van der Waals surface area contributed by atoms with Crippen LogP contribution >= 0.6 is 24.2 Å².